The van der Waals surface area contributed by atoms with Gasteiger partial charge in [0.15, 0.2) is 11.5 Å². The highest BCUT2D eigenvalue weighted by Crippen LogP contribution is 2.31. The molecule has 26 heavy (non-hydrogen) atoms. The molecule has 0 spiro atoms. The van der Waals surface area contributed by atoms with Crippen molar-refractivity contribution >= 4 is 21.9 Å². The topological polar surface area (TPSA) is 78.9 Å². The molecule has 4 rings (SSSR count). The first-order valence-electron chi connectivity index (χ1n) is 7.75. The minimum atomic E-state index is -0.380. The zero-order valence-electron chi connectivity index (χ0n) is 14.2. The maximum absolute atomic E-state index is 11.0. The molecule has 0 unspecified atom stereocenters. The summed E-state index contributed by atoms with van der Waals surface area (Å²) in [5.41, 5.74) is 0.443. The highest BCUT2D eigenvalue weighted by molar-refractivity contribution is 5.80. The van der Waals surface area contributed by atoms with Crippen molar-refractivity contribution in [2.45, 2.75) is 0 Å². The fourth-order valence-electron chi connectivity index (χ4n) is 2.41. The van der Waals surface area contributed by atoms with Gasteiger partial charge in [0.2, 0.25) is 0 Å². The van der Waals surface area contributed by atoms with E-state index in [-0.39, 0.29) is 11.3 Å². The maximum Gasteiger partial charge on any atom is 0.336 e. The number of hydrogen-bond acceptors (Lipinski definition) is 6. The van der Waals surface area contributed by atoms with Crippen LogP contribution in [0.2, 0.25) is 0 Å². The summed E-state index contributed by atoms with van der Waals surface area (Å²) in [6.07, 6.45) is 0. The quantitative estimate of drug-likeness (QED) is 0.513. The number of hydrogen-bond donors (Lipinski definition) is 0. The number of rotatable bonds is 2. The van der Waals surface area contributed by atoms with Crippen molar-refractivity contribution in [2.75, 3.05) is 14.2 Å². The van der Waals surface area contributed by atoms with Crippen LogP contribution >= 0.6 is 0 Å². The molecule has 6 heteroatoms. The van der Waals surface area contributed by atoms with Crippen molar-refractivity contribution < 1.29 is 18.3 Å². The Morgan fingerprint density at radius 1 is 0.654 bits per heavy atom. The fourth-order valence-corrected chi connectivity index (χ4v) is 2.41. The molecule has 0 amide bonds. The molecule has 0 aliphatic carbocycles. The summed E-state index contributed by atoms with van der Waals surface area (Å²) >= 11 is 0. The summed E-state index contributed by atoms with van der Waals surface area (Å²) in [5, 5.41) is 1.75. The molecule has 132 valence electrons. The molecule has 2 aromatic heterocycles. The van der Waals surface area contributed by atoms with E-state index in [2.05, 4.69) is 0 Å². The van der Waals surface area contributed by atoms with Crippen LogP contribution in [0.3, 0.4) is 0 Å². The second-order valence-electron chi connectivity index (χ2n) is 5.29. The van der Waals surface area contributed by atoms with Crippen LogP contribution in [0, 0.1) is 0 Å². The number of ether oxygens (including phenoxy) is 2. The lowest BCUT2D eigenvalue weighted by Gasteiger charge is -2.07. The molecule has 4 aromatic rings. The minimum absolute atomic E-state index is 0.302. The summed E-state index contributed by atoms with van der Waals surface area (Å²) in [6.45, 7) is 0. The number of para-hydroxylation sites is 1. The summed E-state index contributed by atoms with van der Waals surface area (Å²) in [5.74, 6) is 1.15. The van der Waals surface area contributed by atoms with Crippen molar-refractivity contribution in [3.8, 4) is 11.5 Å². The lowest BCUT2D eigenvalue weighted by molar-refractivity contribution is 0.355. The van der Waals surface area contributed by atoms with Gasteiger partial charge < -0.3 is 18.3 Å². The zero-order valence-corrected chi connectivity index (χ0v) is 14.2. The van der Waals surface area contributed by atoms with Crippen LogP contribution in [-0.4, -0.2) is 14.2 Å². The Labute approximate surface area is 148 Å². The molecular weight excluding hydrogens is 336 g/mol. The zero-order chi connectivity index (χ0) is 18.5. The lowest BCUT2D eigenvalue weighted by atomic mass is 10.2. The van der Waals surface area contributed by atoms with Crippen molar-refractivity contribution in [3.05, 3.63) is 81.5 Å². The third kappa shape index (κ3) is 3.75. The Morgan fingerprint density at radius 3 is 1.92 bits per heavy atom. The molecule has 0 atom stereocenters. The number of methoxy groups -OCH3 is 2. The van der Waals surface area contributed by atoms with E-state index in [0.29, 0.717) is 22.7 Å². The second kappa shape index (κ2) is 7.57. The van der Waals surface area contributed by atoms with E-state index < -0.39 is 0 Å². The maximum atomic E-state index is 11.0. The predicted molar refractivity (Wildman–Crippen MR) is 98.1 cm³/mol. The van der Waals surface area contributed by atoms with Gasteiger partial charge in [0.25, 0.3) is 0 Å². The highest BCUT2D eigenvalue weighted by Gasteiger charge is 2.07. The first kappa shape index (κ1) is 17.3. The van der Waals surface area contributed by atoms with Crippen LogP contribution in [0.1, 0.15) is 0 Å². The predicted octanol–water partition coefficient (Wildman–Crippen LogP) is 3.60. The van der Waals surface area contributed by atoms with E-state index in [4.69, 9.17) is 18.3 Å². The average Bonchev–Trinajstić information content (AvgIpc) is 2.67. The largest absolute Gasteiger partial charge is 0.493 e. The van der Waals surface area contributed by atoms with Gasteiger partial charge in [-0.05, 0) is 24.3 Å². The molecular formula is C20H16O6. The molecule has 6 nitrogen and oxygen atoms in total. The Bertz CT molecular complexity index is 1160. The van der Waals surface area contributed by atoms with E-state index in [0.717, 1.165) is 10.8 Å². The van der Waals surface area contributed by atoms with Gasteiger partial charge in [-0.2, -0.15) is 0 Å². The summed E-state index contributed by atoms with van der Waals surface area (Å²) < 4.78 is 20.1. The van der Waals surface area contributed by atoms with Crippen LogP contribution in [0.5, 0.6) is 11.5 Å². The van der Waals surface area contributed by atoms with E-state index in [9.17, 15) is 9.59 Å². The van der Waals surface area contributed by atoms with Gasteiger partial charge in [-0.15, -0.1) is 0 Å². The first-order chi connectivity index (χ1) is 12.6. The summed E-state index contributed by atoms with van der Waals surface area (Å²) in [6, 6.07) is 17.0. The Kier molecular flexibility index (Phi) is 5.03. The van der Waals surface area contributed by atoms with Gasteiger partial charge in [0.1, 0.15) is 11.2 Å². The molecule has 0 aliphatic rings. The second-order valence-corrected chi connectivity index (χ2v) is 5.29. The molecule has 0 aliphatic heterocycles. The molecule has 0 N–H and O–H groups in total. The third-order valence-electron chi connectivity index (χ3n) is 3.65. The van der Waals surface area contributed by atoms with Gasteiger partial charge in [0, 0.05) is 29.0 Å². The van der Waals surface area contributed by atoms with E-state index in [1.165, 1.54) is 19.2 Å². The fraction of sp³-hybridized carbons (Fsp3) is 0.100. The van der Waals surface area contributed by atoms with Gasteiger partial charge in [-0.25, -0.2) is 9.59 Å². The van der Waals surface area contributed by atoms with E-state index in [1.54, 1.807) is 37.4 Å². The lowest BCUT2D eigenvalue weighted by Crippen LogP contribution is -1.96. The minimum Gasteiger partial charge on any atom is -0.493 e. The van der Waals surface area contributed by atoms with Crippen LogP contribution in [0.25, 0.3) is 21.9 Å². The van der Waals surface area contributed by atoms with Crippen molar-refractivity contribution in [2.24, 2.45) is 0 Å². The van der Waals surface area contributed by atoms with Crippen molar-refractivity contribution in [3.63, 3.8) is 0 Å². The highest BCUT2D eigenvalue weighted by atomic mass is 16.5. The standard InChI is InChI=1S/C11H10O4.C9H6O2/c1-13-9-5-7-3-4-11(12)15-8(7)6-10(9)14-2;10-9-6-5-7-3-1-2-4-8(7)11-9/h3-6H,1-2H3;1-6H. The SMILES string of the molecule is COc1cc2ccc(=O)oc2cc1OC.O=c1ccc2ccccc2o1. The van der Waals surface area contributed by atoms with Gasteiger partial charge in [-0.1, -0.05) is 18.2 Å². The number of fused-ring (bicyclic) bond motifs is 2. The smallest absolute Gasteiger partial charge is 0.336 e. The summed E-state index contributed by atoms with van der Waals surface area (Å²) in [7, 11) is 3.09. The molecule has 0 fully saturated rings. The normalized spacial score (nSPS) is 10.2. The van der Waals surface area contributed by atoms with Crippen LogP contribution in [0.4, 0.5) is 0 Å². The van der Waals surface area contributed by atoms with Crippen LogP contribution < -0.4 is 20.7 Å². The molecule has 2 aromatic carbocycles. The Balaban J connectivity index is 0.000000158. The molecule has 0 saturated carbocycles. The number of benzene rings is 2. The van der Waals surface area contributed by atoms with Crippen molar-refractivity contribution in [1.29, 1.82) is 0 Å². The first-order valence-corrected chi connectivity index (χ1v) is 7.75. The summed E-state index contributed by atoms with van der Waals surface area (Å²) in [4.78, 5) is 21.7. The molecule has 0 saturated heterocycles. The van der Waals surface area contributed by atoms with Crippen molar-refractivity contribution in [1.82, 2.24) is 0 Å². The van der Waals surface area contributed by atoms with Gasteiger partial charge >= 0.3 is 11.3 Å². The third-order valence-corrected chi connectivity index (χ3v) is 3.65. The monoisotopic (exact) mass is 352 g/mol. The Morgan fingerprint density at radius 2 is 1.23 bits per heavy atom. The Hall–Kier alpha value is -3.54. The van der Waals surface area contributed by atoms with Crippen LogP contribution in [0.15, 0.2) is 79.1 Å². The van der Waals surface area contributed by atoms with Gasteiger partial charge in [0.05, 0.1) is 14.2 Å². The van der Waals surface area contributed by atoms with Crippen LogP contribution in [-0.2, 0) is 0 Å². The average molecular weight is 352 g/mol. The molecule has 0 bridgehead atoms. The molecule has 0 radical (unpaired) electrons. The molecule has 2 heterocycles. The van der Waals surface area contributed by atoms with Gasteiger partial charge in [-0.3, -0.25) is 0 Å². The van der Waals surface area contributed by atoms with E-state index in [1.807, 2.05) is 18.2 Å². The van der Waals surface area contributed by atoms with E-state index >= 15 is 0 Å².